The molecule has 0 unspecified atom stereocenters. The van der Waals surface area contributed by atoms with E-state index in [9.17, 15) is 0 Å². The lowest BCUT2D eigenvalue weighted by Crippen LogP contribution is -1.94. The Morgan fingerprint density at radius 3 is 2.30 bits per heavy atom. The van der Waals surface area contributed by atoms with Gasteiger partial charge in [0.05, 0.1) is 19.0 Å². The number of methoxy groups -OCH3 is 1. The Labute approximate surface area is 123 Å². The molecular formula is C16H15ClN2O. The van der Waals surface area contributed by atoms with Gasteiger partial charge in [0.15, 0.2) is 0 Å². The molecule has 0 aliphatic rings. The van der Waals surface area contributed by atoms with Crippen LogP contribution >= 0.6 is 11.6 Å². The summed E-state index contributed by atoms with van der Waals surface area (Å²) in [6, 6.07) is 15.1. The Kier molecular flexibility index (Phi) is 4.91. The molecule has 0 aliphatic carbocycles. The molecular weight excluding hydrogens is 272 g/mol. The third-order valence-electron chi connectivity index (χ3n) is 2.79. The van der Waals surface area contributed by atoms with Crippen LogP contribution in [0.4, 0.5) is 0 Å². The van der Waals surface area contributed by atoms with Crippen molar-refractivity contribution in [2.45, 2.75) is 6.92 Å². The van der Waals surface area contributed by atoms with Crippen molar-refractivity contribution >= 4 is 23.5 Å². The van der Waals surface area contributed by atoms with E-state index in [1.165, 1.54) is 0 Å². The molecule has 2 aromatic carbocycles. The van der Waals surface area contributed by atoms with E-state index < -0.39 is 0 Å². The van der Waals surface area contributed by atoms with E-state index in [1.807, 2.05) is 55.5 Å². The molecule has 0 aliphatic heterocycles. The number of rotatable bonds is 4. The van der Waals surface area contributed by atoms with Gasteiger partial charge in [-0.2, -0.15) is 10.2 Å². The highest BCUT2D eigenvalue weighted by molar-refractivity contribution is 6.30. The average molecular weight is 287 g/mol. The van der Waals surface area contributed by atoms with E-state index in [4.69, 9.17) is 16.3 Å². The number of nitrogens with zero attached hydrogens (tertiary/aromatic N) is 2. The molecule has 20 heavy (non-hydrogen) atoms. The molecule has 0 radical (unpaired) electrons. The number of ether oxygens (including phenoxy) is 1. The standard InChI is InChI=1S/C16H15ClN2O/c1-12(14-5-9-16(20-2)10-6-14)19-18-11-13-3-7-15(17)8-4-13/h3-11H,1-2H3/b18-11+,19-12+. The van der Waals surface area contributed by atoms with Crippen LogP contribution in [0, 0.1) is 0 Å². The minimum Gasteiger partial charge on any atom is -0.497 e. The molecule has 0 aromatic heterocycles. The summed E-state index contributed by atoms with van der Waals surface area (Å²) >= 11 is 5.82. The molecule has 2 rings (SSSR count). The SMILES string of the molecule is COc1ccc(/C(C)=N/N=C/c2ccc(Cl)cc2)cc1. The van der Waals surface area contributed by atoms with Crippen molar-refractivity contribution in [2.75, 3.05) is 7.11 Å². The van der Waals surface area contributed by atoms with Crippen molar-refractivity contribution < 1.29 is 4.74 Å². The van der Waals surface area contributed by atoms with Gasteiger partial charge in [-0.1, -0.05) is 23.7 Å². The summed E-state index contributed by atoms with van der Waals surface area (Å²) in [5.74, 6) is 0.825. The zero-order valence-electron chi connectivity index (χ0n) is 11.4. The molecule has 0 atom stereocenters. The third kappa shape index (κ3) is 3.93. The van der Waals surface area contributed by atoms with E-state index in [1.54, 1.807) is 13.3 Å². The van der Waals surface area contributed by atoms with Crippen LogP contribution in [-0.2, 0) is 0 Å². The highest BCUT2D eigenvalue weighted by atomic mass is 35.5. The fourth-order valence-corrected chi connectivity index (χ4v) is 1.75. The molecule has 0 N–H and O–H groups in total. The summed E-state index contributed by atoms with van der Waals surface area (Å²) in [5, 5.41) is 8.97. The first-order valence-electron chi connectivity index (χ1n) is 6.16. The molecule has 0 saturated carbocycles. The van der Waals surface area contributed by atoms with Crippen molar-refractivity contribution in [1.29, 1.82) is 0 Å². The lowest BCUT2D eigenvalue weighted by atomic mass is 10.1. The van der Waals surface area contributed by atoms with Gasteiger partial charge in [0, 0.05) is 5.02 Å². The third-order valence-corrected chi connectivity index (χ3v) is 3.04. The largest absolute Gasteiger partial charge is 0.497 e. The van der Waals surface area contributed by atoms with Crippen LogP contribution in [0.5, 0.6) is 5.75 Å². The summed E-state index contributed by atoms with van der Waals surface area (Å²) in [6.45, 7) is 1.92. The fourth-order valence-electron chi connectivity index (χ4n) is 1.62. The number of benzene rings is 2. The van der Waals surface area contributed by atoms with Gasteiger partial charge in [-0.05, 0) is 54.4 Å². The first-order chi connectivity index (χ1) is 9.69. The maximum atomic E-state index is 5.82. The van der Waals surface area contributed by atoms with Gasteiger partial charge in [0.1, 0.15) is 5.75 Å². The van der Waals surface area contributed by atoms with Crippen LogP contribution in [-0.4, -0.2) is 19.0 Å². The van der Waals surface area contributed by atoms with Crippen LogP contribution in [0.2, 0.25) is 5.02 Å². The predicted molar refractivity (Wildman–Crippen MR) is 84.3 cm³/mol. The summed E-state index contributed by atoms with van der Waals surface area (Å²) < 4.78 is 5.12. The van der Waals surface area contributed by atoms with Gasteiger partial charge >= 0.3 is 0 Å². The quantitative estimate of drug-likeness (QED) is 0.613. The Balaban J connectivity index is 2.07. The Morgan fingerprint density at radius 2 is 1.70 bits per heavy atom. The number of halogens is 1. The highest BCUT2D eigenvalue weighted by Crippen LogP contribution is 2.12. The average Bonchev–Trinajstić information content (AvgIpc) is 2.49. The van der Waals surface area contributed by atoms with E-state index in [0.717, 1.165) is 22.6 Å². The maximum Gasteiger partial charge on any atom is 0.118 e. The molecule has 0 bridgehead atoms. The van der Waals surface area contributed by atoms with E-state index in [-0.39, 0.29) is 0 Å². The number of hydrogen-bond donors (Lipinski definition) is 0. The number of hydrogen-bond acceptors (Lipinski definition) is 3. The van der Waals surface area contributed by atoms with Crippen LogP contribution in [0.1, 0.15) is 18.1 Å². The van der Waals surface area contributed by atoms with Gasteiger partial charge in [-0.15, -0.1) is 0 Å². The van der Waals surface area contributed by atoms with Crippen molar-refractivity contribution in [3.05, 3.63) is 64.7 Å². The monoisotopic (exact) mass is 286 g/mol. The lowest BCUT2D eigenvalue weighted by molar-refractivity contribution is 0.415. The van der Waals surface area contributed by atoms with Crippen LogP contribution in [0.25, 0.3) is 0 Å². The lowest BCUT2D eigenvalue weighted by Gasteiger charge is -2.01. The molecule has 2 aromatic rings. The zero-order valence-corrected chi connectivity index (χ0v) is 12.1. The Hall–Kier alpha value is -2.13. The molecule has 4 heteroatoms. The molecule has 0 spiro atoms. The van der Waals surface area contributed by atoms with Crippen molar-refractivity contribution in [2.24, 2.45) is 10.2 Å². The van der Waals surface area contributed by atoms with Crippen LogP contribution in [0.3, 0.4) is 0 Å². The van der Waals surface area contributed by atoms with Crippen molar-refractivity contribution in [3.8, 4) is 5.75 Å². The summed E-state index contributed by atoms with van der Waals surface area (Å²) in [7, 11) is 1.65. The molecule has 0 amide bonds. The second-order valence-corrected chi connectivity index (χ2v) is 4.65. The smallest absolute Gasteiger partial charge is 0.118 e. The molecule has 3 nitrogen and oxygen atoms in total. The second-order valence-electron chi connectivity index (χ2n) is 4.21. The maximum absolute atomic E-state index is 5.82. The van der Waals surface area contributed by atoms with Gasteiger partial charge < -0.3 is 4.74 Å². The molecule has 0 fully saturated rings. The highest BCUT2D eigenvalue weighted by Gasteiger charge is 1.97. The van der Waals surface area contributed by atoms with Gasteiger partial charge in [-0.3, -0.25) is 0 Å². The van der Waals surface area contributed by atoms with E-state index in [0.29, 0.717) is 5.02 Å². The van der Waals surface area contributed by atoms with Crippen LogP contribution < -0.4 is 4.74 Å². The van der Waals surface area contributed by atoms with Crippen molar-refractivity contribution in [1.82, 2.24) is 0 Å². The summed E-state index contributed by atoms with van der Waals surface area (Å²) in [5.41, 5.74) is 2.82. The summed E-state index contributed by atoms with van der Waals surface area (Å²) in [4.78, 5) is 0. The first kappa shape index (κ1) is 14.3. The summed E-state index contributed by atoms with van der Waals surface area (Å²) in [6.07, 6.45) is 1.70. The van der Waals surface area contributed by atoms with E-state index >= 15 is 0 Å². The first-order valence-corrected chi connectivity index (χ1v) is 6.54. The van der Waals surface area contributed by atoms with Crippen molar-refractivity contribution in [3.63, 3.8) is 0 Å². The molecule has 102 valence electrons. The Morgan fingerprint density at radius 1 is 1.05 bits per heavy atom. The minimum absolute atomic E-state index is 0.708. The van der Waals surface area contributed by atoms with Gasteiger partial charge in [0.25, 0.3) is 0 Å². The second kappa shape index (κ2) is 6.87. The topological polar surface area (TPSA) is 34.0 Å². The normalized spacial score (nSPS) is 11.8. The van der Waals surface area contributed by atoms with E-state index in [2.05, 4.69) is 10.2 Å². The predicted octanol–water partition coefficient (Wildman–Crippen LogP) is 4.19. The van der Waals surface area contributed by atoms with Gasteiger partial charge in [-0.25, -0.2) is 0 Å². The zero-order chi connectivity index (χ0) is 14.4. The Bertz CT molecular complexity index is 616. The molecule has 0 saturated heterocycles. The minimum atomic E-state index is 0.708. The molecule has 0 heterocycles. The van der Waals surface area contributed by atoms with Gasteiger partial charge in [0.2, 0.25) is 0 Å². The van der Waals surface area contributed by atoms with Crippen LogP contribution in [0.15, 0.2) is 58.7 Å². The fraction of sp³-hybridized carbons (Fsp3) is 0.125.